The van der Waals surface area contributed by atoms with Gasteiger partial charge in [-0.1, -0.05) is 76.6 Å². The molecule has 166 valence electrons. The minimum absolute atomic E-state index is 0.133. The third kappa shape index (κ3) is 6.22. The van der Waals surface area contributed by atoms with E-state index in [0.717, 1.165) is 24.0 Å². The van der Waals surface area contributed by atoms with E-state index in [0.29, 0.717) is 6.54 Å². The van der Waals surface area contributed by atoms with Gasteiger partial charge in [-0.15, -0.1) is 0 Å². The highest BCUT2D eigenvalue weighted by atomic mass is 19.1. The Labute approximate surface area is 184 Å². The lowest BCUT2D eigenvalue weighted by molar-refractivity contribution is 0.290. The van der Waals surface area contributed by atoms with Gasteiger partial charge in [0.25, 0.3) is 0 Å². The van der Waals surface area contributed by atoms with E-state index in [4.69, 9.17) is 0 Å². The topological polar surface area (TPSA) is 30.7 Å². The Hall–Kier alpha value is -2.56. The van der Waals surface area contributed by atoms with Crippen molar-refractivity contribution >= 4 is 0 Å². The summed E-state index contributed by atoms with van der Waals surface area (Å²) >= 11 is 0. The number of rotatable bonds is 12. The lowest BCUT2D eigenvalue weighted by atomic mass is 9.67. The van der Waals surface area contributed by atoms with Crippen LogP contribution in [0, 0.1) is 11.6 Å². The third-order valence-electron chi connectivity index (χ3n) is 6.35. The Morgan fingerprint density at radius 2 is 1.48 bits per heavy atom. The first-order chi connectivity index (χ1) is 15.0. The van der Waals surface area contributed by atoms with E-state index in [2.05, 4.69) is 23.9 Å². The molecular formula is C26H33F2N3. The third-order valence-corrected chi connectivity index (χ3v) is 6.35. The number of aromatic nitrogens is 3. The van der Waals surface area contributed by atoms with Crippen LogP contribution >= 0.6 is 0 Å². The average Bonchev–Trinajstić information content (AvgIpc) is 3.27. The molecule has 2 atom stereocenters. The Balaban J connectivity index is 1.92. The van der Waals surface area contributed by atoms with Gasteiger partial charge in [-0.25, -0.2) is 13.8 Å². The second-order valence-electron chi connectivity index (χ2n) is 8.68. The summed E-state index contributed by atoms with van der Waals surface area (Å²) < 4.78 is 29.2. The van der Waals surface area contributed by atoms with Crippen LogP contribution in [0.3, 0.4) is 0 Å². The molecule has 2 aromatic carbocycles. The van der Waals surface area contributed by atoms with E-state index < -0.39 is 0 Å². The molecule has 0 saturated carbocycles. The van der Waals surface area contributed by atoms with Gasteiger partial charge in [-0.2, -0.15) is 5.10 Å². The predicted molar refractivity (Wildman–Crippen MR) is 121 cm³/mol. The summed E-state index contributed by atoms with van der Waals surface area (Å²) in [4.78, 5) is 4.10. The van der Waals surface area contributed by atoms with Crippen LogP contribution in [0.5, 0.6) is 0 Å². The molecule has 0 spiro atoms. The van der Waals surface area contributed by atoms with Gasteiger partial charge in [-0.05, 0) is 47.7 Å². The molecule has 1 aromatic heterocycles. The molecule has 0 N–H and O–H groups in total. The average molecular weight is 426 g/mol. The number of hydrogen-bond acceptors (Lipinski definition) is 2. The summed E-state index contributed by atoms with van der Waals surface area (Å²) in [7, 11) is 0. The fraction of sp³-hybridized carbons (Fsp3) is 0.462. The highest BCUT2D eigenvalue weighted by Gasteiger charge is 2.37. The van der Waals surface area contributed by atoms with Gasteiger partial charge in [0.1, 0.15) is 24.3 Å². The van der Waals surface area contributed by atoms with Crippen LogP contribution in [0.25, 0.3) is 0 Å². The van der Waals surface area contributed by atoms with E-state index in [1.807, 2.05) is 28.9 Å². The van der Waals surface area contributed by atoms with Crippen LogP contribution in [0.15, 0.2) is 61.2 Å². The number of halogens is 2. The van der Waals surface area contributed by atoms with Crippen molar-refractivity contribution in [3.8, 4) is 0 Å². The SMILES string of the molecule is CCCCCCCCC(c1ccc(F)cc1)C(C)(Cn1cncn1)c1ccc(F)cc1. The molecule has 0 amide bonds. The standard InChI is InChI=1S/C26H33F2N3/c1-3-4-5-6-7-8-9-25(21-10-14-23(27)15-11-21)26(2,18-31-20-29-19-30-31)22-12-16-24(28)17-13-22/h10-17,19-20,25H,3-9,18H2,1-2H3. The summed E-state index contributed by atoms with van der Waals surface area (Å²) in [6.45, 7) is 5.03. The van der Waals surface area contributed by atoms with Crippen LogP contribution in [-0.2, 0) is 12.0 Å². The fourth-order valence-corrected chi connectivity index (χ4v) is 4.56. The molecule has 0 saturated heterocycles. The first-order valence-corrected chi connectivity index (χ1v) is 11.4. The van der Waals surface area contributed by atoms with Gasteiger partial charge in [0, 0.05) is 5.41 Å². The van der Waals surface area contributed by atoms with Crippen LogP contribution in [-0.4, -0.2) is 14.8 Å². The molecule has 3 nitrogen and oxygen atoms in total. The van der Waals surface area contributed by atoms with E-state index in [1.54, 1.807) is 6.33 Å². The number of nitrogens with zero attached hydrogens (tertiary/aromatic N) is 3. The second kappa shape index (κ2) is 11.2. The van der Waals surface area contributed by atoms with E-state index in [9.17, 15) is 8.78 Å². The van der Waals surface area contributed by atoms with Crippen molar-refractivity contribution < 1.29 is 8.78 Å². The zero-order valence-corrected chi connectivity index (χ0v) is 18.6. The summed E-state index contributed by atoms with van der Waals surface area (Å²) in [6.07, 6.45) is 11.5. The van der Waals surface area contributed by atoms with E-state index >= 15 is 0 Å². The molecule has 0 bridgehead atoms. The molecule has 0 radical (unpaired) electrons. The van der Waals surface area contributed by atoms with Crippen molar-refractivity contribution in [2.45, 2.75) is 76.7 Å². The monoisotopic (exact) mass is 425 g/mol. The van der Waals surface area contributed by atoms with Crippen LogP contribution in [0.2, 0.25) is 0 Å². The molecule has 3 aromatic rings. The lowest BCUT2D eigenvalue weighted by Gasteiger charge is -2.39. The van der Waals surface area contributed by atoms with Gasteiger partial charge < -0.3 is 0 Å². The maximum atomic E-state index is 13.7. The fourth-order valence-electron chi connectivity index (χ4n) is 4.56. The molecule has 0 aliphatic rings. The Bertz CT molecular complexity index is 891. The molecule has 2 unspecified atom stereocenters. The molecule has 5 heteroatoms. The lowest BCUT2D eigenvalue weighted by Crippen LogP contribution is -2.36. The molecule has 0 fully saturated rings. The van der Waals surface area contributed by atoms with E-state index in [-0.39, 0.29) is 23.0 Å². The summed E-state index contributed by atoms with van der Waals surface area (Å²) in [5, 5.41) is 4.34. The molecule has 1 heterocycles. The van der Waals surface area contributed by atoms with Gasteiger partial charge in [-0.3, -0.25) is 4.68 Å². The first kappa shape index (κ1) is 23.1. The number of hydrogen-bond donors (Lipinski definition) is 0. The summed E-state index contributed by atoms with van der Waals surface area (Å²) in [5.41, 5.74) is 1.79. The molecule has 0 aliphatic carbocycles. The Morgan fingerprint density at radius 1 is 0.871 bits per heavy atom. The zero-order valence-electron chi connectivity index (χ0n) is 18.6. The van der Waals surface area contributed by atoms with Crippen molar-refractivity contribution in [1.29, 1.82) is 0 Å². The van der Waals surface area contributed by atoms with Gasteiger partial charge >= 0.3 is 0 Å². The molecular weight excluding hydrogens is 392 g/mol. The van der Waals surface area contributed by atoms with Crippen LogP contribution in [0.1, 0.15) is 75.8 Å². The molecule has 31 heavy (non-hydrogen) atoms. The summed E-state index contributed by atoms with van der Waals surface area (Å²) in [6, 6.07) is 13.6. The van der Waals surface area contributed by atoms with Crippen molar-refractivity contribution in [2.24, 2.45) is 0 Å². The normalized spacial score (nSPS) is 14.3. The Morgan fingerprint density at radius 3 is 2.10 bits per heavy atom. The minimum Gasteiger partial charge on any atom is -0.252 e. The highest BCUT2D eigenvalue weighted by molar-refractivity contribution is 5.33. The van der Waals surface area contributed by atoms with E-state index in [1.165, 1.54) is 62.7 Å². The van der Waals surface area contributed by atoms with Gasteiger partial charge in [0.05, 0.1) is 6.54 Å². The first-order valence-electron chi connectivity index (χ1n) is 11.4. The smallest absolute Gasteiger partial charge is 0.137 e. The highest BCUT2D eigenvalue weighted by Crippen LogP contribution is 2.43. The van der Waals surface area contributed by atoms with Gasteiger partial charge in [0.2, 0.25) is 0 Å². The van der Waals surface area contributed by atoms with Crippen molar-refractivity contribution in [2.75, 3.05) is 0 Å². The minimum atomic E-state index is -0.358. The summed E-state index contributed by atoms with van der Waals surface area (Å²) in [5.74, 6) is -0.350. The zero-order chi connectivity index (χ0) is 22.1. The Kier molecular flexibility index (Phi) is 8.33. The van der Waals surface area contributed by atoms with Crippen LogP contribution in [0.4, 0.5) is 8.78 Å². The maximum absolute atomic E-state index is 13.7. The van der Waals surface area contributed by atoms with Crippen LogP contribution < -0.4 is 0 Å². The molecule has 0 aliphatic heterocycles. The van der Waals surface area contributed by atoms with Gasteiger partial charge in [0.15, 0.2) is 0 Å². The quantitative estimate of drug-likeness (QED) is 0.291. The number of benzene rings is 2. The second-order valence-corrected chi connectivity index (χ2v) is 8.68. The van der Waals surface area contributed by atoms with Crippen molar-refractivity contribution in [1.82, 2.24) is 14.8 Å². The predicted octanol–water partition coefficient (Wildman–Crippen LogP) is 7.05. The molecule has 3 rings (SSSR count). The number of unbranched alkanes of at least 4 members (excludes halogenated alkanes) is 5. The van der Waals surface area contributed by atoms with Crippen molar-refractivity contribution in [3.05, 3.63) is 83.9 Å². The maximum Gasteiger partial charge on any atom is 0.137 e. The van der Waals surface area contributed by atoms with Crippen molar-refractivity contribution in [3.63, 3.8) is 0 Å². The largest absolute Gasteiger partial charge is 0.252 e.